The molecule has 2 aliphatic heterocycles. The molecule has 4 heteroatoms. The topological polar surface area (TPSA) is 18.8 Å². The molecule has 2 heterocycles. The third-order valence-electron chi connectivity index (χ3n) is 3.10. The monoisotopic (exact) mass is 265 g/mol. The molecule has 0 saturated carbocycles. The van der Waals surface area contributed by atoms with Crippen molar-refractivity contribution in [2.45, 2.75) is 45.2 Å². The van der Waals surface area contributed by atoms with Crippen molar-refractivity contribution in [3.8, 4) is 0 Å². The van der Waals surface area contributed by atoms with Gasteiger partial charge in [0.15, 0.2) is 0 Å². The Morgan fingerprint density at radius 1 is 1.11 bits per heavy atom. The third kappa shape index (κ3) is 2.32. The van der Waals surface area contributed by atoms with Crippen molar-refractivity contribution in [1.82, 2.24) is 9.80 Å². The van der Waals surface area contributed by atoms with E-state index in [0.29, 0.717) is 12.1 Å². The molecule has 0 bridgehead atoms. The highest BCUT2D eigenvalue weighted by Gasteiger charge is 2.29. The lowest BCUT2D eigenvalue weighted by Gasteiger charge is -2.33. The maximum absolute atomic E-state index is 6.36. The van der Waals surface area contributed by atoms with Gasteiger partial charge in [0.1, 0.15) is 5.82 Å². The Hall–Kier alpha value is -1.22. The van der Waals surface area contributed by atoms with Crippen LogP contribution >= 0.6 is 11.6 Å². The second kappa shape index (κ2) is 5.19. The molecule has 0 aliphatic carbocycles. The van der Waals surface area contributed by atoms with Crippen LogP contribution < -0.4 is 0 Å². The van der Waals surface area contributed by atoms with E-state index in [1.54, 1.807) is 12.4 Å². The predicted octanol–water partition coefficient (Wildman–Crippen LogP) is 3.31. The van der Waals surface area contributed by atoms with Gasteiger partial charge >= 0.3 is 0 Å². The molecule has 0 spiro atoms. The minimum absolute atomic E-state index is 0.160. The van der Waals surface area contributed by atoms with Gasteiger partial charge in [-0.25, -0.2) is 0 Å². The van der Waals surface area contributed by atoms with Crippen molar-refractivity contribution in [1.29, 1.82) is 0 Å². The summed E-state index contributed by atoms with van der Waals surface area (Å²) in [5, 5.41) is -0.160. The van der Waals surface area contributed by atoms with Crippen LogP contribution in [-0.2, 0) is 0 Å². The summed E-state index contributed by atoms with van der Waals surface area (Å²) in [6, 6.07) is 0.812. The molecule has 0 fully saturated rings. The summed E-state index contributed by atoms with van der Waals surface area (Å²) in [5.74, 6) is 1.17. The second-order valence-corrected chi connectivity index (χ2v) is 5.56. The van der Waals surface area contributed by atoms with Crippen LogP contribution in [0.5, 0.6) is 0 Å². The lowest BCUT2D eigenvalue weighted by Crippen LogP contribution is -2.34. The summed E-state index contributed by atoms with van der Waals surface area (Å²) in [6.45, 7) is 8.72. The van der Waals surface area contributed by atoms with E-state index in [2.05, 4.69) is 54.9 Å². The van der Waals surface area contributed by atoms with Crippen LogP contribution in [0.25, 0.3) is 0 Å². The third-order valence-corrected chi connectivity index (χ3v) is 3.45. The average Bonchev–Trinajstić information content (AvgIpc) is 2.74. The molecule has 0 aromatic carbocycles. The van der Waals surface area contributed by atoms with Crippen molar-refractivity contribution in [3.05, 3.63) is 36.1 Å². The molecule has 1 atom stereocenters. The molecule has 1 unspecified atom stereocenters. The first-order chi connectivity index (χ1) is 8.52. The molecule has 0 saturated heterocycles. The van der Waals surface area contributed by atoms with Crippen molar-refractivity contribution < 1.29 is 0 Å². The van der Waals surface area contributed by atoms with E-state index in [4.69, 9.17) is 11.6 Å². The molecular formula is C14H20ClN3. The standard InChI is InChI=1S/C14H20ClN3/c1-10(2)17-7-8-18(11(3)4)14(17)12-5-6-16-9-13(12)15/h5-11,13H,1-4H3. The molecule has 0 aromatic heterocycles. The van der Waals surface area contributed by atoms with Gasteiger partial charge < -0.3 is 9.80 Å². The Bertz CT molecular complexity index is 412. The fourth-order valence-electron chi connectivity index (χ4n) is 2.17. The Morgan fingerprint density at radius 2 is 1.67 bits per heavy atom. The van der Waals surface area contributed by atoms with Crippen LogP contribution in [0.1, 0.15) is 27.7 Å². The smallest absolute Gasteiger partial charge is 0.118 e. The zero-order valence-corrected chi connectivity index (χ0v) is 12.1. The molecule has 3 nitrogen and oxygen atoms in total. The maximum Gasteiger partial charge on any atom is 0.118 e. The highest BCUT2D eigenvalue weighted by atomic mass is 35.5. The summed E-state index contributed by atoms with van der Waals surface area (Å²) >= 11 is 6.36. The predicted molar refractivity (Wildman–Crippen MR) is 77.4 cm³/mol. The first kappa shape index (κ1) is 13.2. The molecule has 0 aromatic rings. The van der Waals surface area contributed by atoms with Crippen molar-refractivity contribution >= 4 is 17.8 Å². The van der Waals surface area contributed by atoms with Gasteiger partial charge in [0.05, 0.1) is 5.38 Å². The summed E-state index contributed by atoms with van der Waals surface area (Å²) in [7, 11) is 0. The molecule has 0 N–H and O–H groups in total. The van der Waals surface area contributed by atoms with Gasteiger partial charge in [-0.3, -0.25) is 4.99 Å². The molecule has 18 heavy (non-hydrogen) atoms. The van der Waals surface area contributed by atoms with Gasteiger partial charge in [0.2, 0.25) is 0 Å². The number of hydrogen-bond acceptors (Lipinski definition) is 3. The van der Waals surface area contributed by atoms with E-state index in [0.717, 1.165) is 5.57 Å². The van der Waals surface area contributed by atoms with Gasteiger partial charge in [0.25, 0.3) is 0 Å². The van der Waals surface area contributed by atoms with Gasteiger partial charge in [-0.1, -0.05) is 0 Å². The zero-order chi connectivity index (χ0) is 13.3. The lowest BCUT2D eigenvalue weighted by molar-refractivity contribution is 0.281. The van der Waals surface area contributed by atoms with Crippen molar-refractivity contribution in [3.63, 3.8) is 0 Å². The SMILES string of the molecule is CC(C)N1C=CN(C(C)C)C1=C1C=CN=CC1Cl. The van der Waals surface area contributed by atoms with Crippen LogP contribution in [-0.4, -0.2) is 33.5 Å². The van der Waals surface area contributed by atoms with Crippen LogP contribution in [0.15, 0.2) is 41.1 Å². The minimum Gasteiger partial charge on any atom is -0.330 e. The summed E-state index contributed by atoms with van der Waals surface area (Å²) in [6.07, 6.45) is 9.83. The largest absolute Gasteiger partial charge is 0.330 e. The number of nitrogens with zero attached hydrogens (tertiary/aromatic N) is 3. The highest BCUT2D eigenvalue weighted by Crippen LogP contribution is 2.31. The molecule has 2 rings (SSSR count). The van der Waals surface area contributed by atoms with Gasteiger partial charge in [-0.15, -0.1) is 11.6 Å². The maximum atomic E-state index is 6.36. The van der Waals surface area contributed by atoms with Crippen LogP contribution in [0.4, 0.5) is 0 Å². The molecule has 0 radical (unpaired) electrons. The highest BCUT2D eigenvalue weighted by molar-refractivity contribution is 6.30. The van der Waals surface area contributed by atoms with Gasteiger partial charge in [0, 0.05) is 42.5 Å². The number of allylic oxidation sites excluding steroid dienone is 2. The van der Waals surface area contributed by atoms with Crippen molar-refractivity contribution in [2.24, 2.45) is 4.99 Å². The summed E-state index contributed by atoms with van der Waals surface area (Å²) in [4.78, 5) is 8.61. The molecule has 2 aliphatic rings. The van der Waals surface area contributed by atoms with Crippen LogP contribution in [0.3, 0.4) is 0 Å². The molecule has 98 valence electrons. The quantitative estimate of drug-likeness (QED) is 0.714. The minimum atomic E-state index is -0.160. The number of aliphatic imine (C=N–C) groups is 1. The summed E-state index contributed by atoms with van der Waals surface area (Å²) < 4.78 is 0. The van der Waals surface area contributed by atoms with E-state index in [1.807, 2.05) is 6.08 Å². The number of rotatable bonds is 2. The fraction of sp³-hybridized carbons (Fsp3) is 0.500. The van der Waals surface area contributed by atoms with E-state index in [-0.39, 0.29) is 5.38 Å². The summed E-state index contributed by atoms with van der Waals surface area (Å²) in [5.41, 5.74) is 1.11. The normalized spacial score (nSPS) is 23.2. The lowest BCUT2D eigenvalue weighted by atomic mass is 10.1. The Labute approximate surface area is 114 Å². The molecule has 0 amide bonds. The van der Waals surface area contributed by atoms with Crippen molar-refractivity contribution in [2.75, 3.05) is 0 Å². The van der Waals surface area contributed by atoms with E-state index in [9.17, 15) is 0 Å². The van der Waals surface area contributed by atoms with E-state index >= 15 is 0 Å². The van der Waals surface area contributed by atoms with Crippen LogP contribution in [0, 0.1) is 0 Å². The first-order valence-electron chi connectivity index (χ1n) is 6.35. The Morgan fingerprint density at radius 3 is 2.11 bits per heavy atom. The Kier molecular flexibility index (Phi) is 3.81. The fourth-order valence-corrected chi connectivity index (χ4v) is 2.40. The van der Waals surface area contributed by atoms with E-state index in [1.165, 1.54) is 5.82 Å². The average molecular weight is 266 g/mol. The second-order valence-electron chi connectivity index (χ2n) is 5.09. The molecular weight excluding hydrogens is 246 g/mol. The Balaban J connectivity index is 2.45. The first-order valence-corrected chi connectivity index (χ1v) is 6.79. The zero-order valence-electron chi connectivity index (χ0n) is 11.3. The van der Waals surface area contributed by atoms with Gasteiger partial charge in [-0.2, -0.15) is 0 Å². The van der Waals surface area contributed by atoms with E-state index < -0.39 is 0 Å². The number of alkyl halides is 1. The number of hydrogen-bond donors (Lipinski definition) is 0. The number of halogens is 1. The van der Waals surface area contributed by atoms with Gasteiger partial charge in [-0.05, 0) is 33.8 Å². The van der Waals surface area contributed by atoms with Crippen LogP contribution in [0.2, 0.25) is 0 Å².